The van der Waals surface area contributed by atoms with E-state index in [1.807, 2.05) is 19.1 Å². The molecular weight excluding hydrogens is 288 g/mol. The van der Waals surface area contributed by atoms with Crippen LogP contribution in [0.25, 0.3) is 0 Å². The van der Waals surface area contributed by atoms with E-state index in [1.165, 1.54) is 11.3 Å². The maximum absolute atomic E-state index is 11.7. The van der Waals surface area contributed by atoms with Crippen molar-refractivity contribution in [2.45, 2.75) is 20.8 Å². The zero-order valence-electron chi connectivity index (χ0n) is 12.1. The normalized spacial score (nSPS) is 11.3. The molecule has 0 saturated carbocycles. The largest absolute Gasteiger partial charge is 0.462 e. The van der Waals surface area contributed by atoms with E-state index in [0.717, 1.165) is 11.3 Å². The average molecular weight is 304 g/mol. The zero-order chi connectivity index (χ0) is 15.2. The number of nitrogens with one attached hydrogen (secondary N) is 1. The number of hydrogen-bond acceptors (Lipinski definition) is 7. The van der Waals surface area contributed by atoms with Crippen LogP contribution in [0.15, 0.2) is 29.6 Å². The number of hydrazone groups is 1. The number of aryl methyl sites for hydroxylation is 1. The van der Waals surface area contributed by atoms with Crippen molar-refractivity contribution in [3.05, 3.63) is 40.7 Å². The number of carbonyl (C=O) groups is 1. The summed E-state index contributed by atoms with van der Waals surface area (Å²) >= 11 is 1.23. The van der Waals surface area contributed by atoms with Crippen molar-refractivity contribution in [2.75, 3.05) is 12.0 Å². The summed E-state index contributed by atoms with van der Waals surface area (Å²) in [7, 11) is 0. The lowest BCUT2D eigenvalue weighted by atomic mass is 10.2. The van der Waals surface area contributed by atoms with Crippen LogP contribution in [0.4, 0.5) is 5.13 Å². The van der Waals surface area contributed by atoms with Crippen LogP contribution < -0.4 is 5.43 Å². The van der Waals surface area contributed by atoms with E-state index in [2.05, 4.69) is 20.5 Å². The van der Waals surface area contributed by atoms with Crippen LogP contribution in [0.1, 0.15) is 34.8 Å². The molecular formula is C14H16N4O2S. The van der Waals surface area contributed by atoms with E-state index in [4.69, 9.17) is 4.74 Å². The van der Waals surface area contributed by atoms with E-state index in [0.29, 0.717) is 22.3 Å². The molecule has 0 spiro atoms. The number of thiazole rings is 1. The van der Waals surface area contributed by atoms with Crippen molar-refractivity contribution < 1.29 is 9.53 Å². The van der Waals surface area contributed by atoms with Gasteiger partial charge in [-0.2, -0.15) is 5.10 Å². The fourth-order valence-corrected chi connectivity index (χ4v) is 2.41. The molecule has 2 heterocycles. The number of esters is 1. The Morgan fingerprint density at radius 1 is 1.52 bits per heavy atom. The number of aromatic nitrogens is 2. The lowest BCUT2D eigenvalue weighted by Gasteiger charge is -2.00. The number of rotatable bonds is 5. The molecule has 0 radical (unpaired) electrons. The van der Waals surface area contributed by atoms with Crippen molar-refractivity contribution in [2.24, 2.45) is 5.10 Å². The van der Waals surface area contributed by atoms with Crippen molar-refractivity contribution in [1.29, 1.82) is 0 Å². The van der Waals surface area contributed by atoms with Crippen LogP contribution in [0.2, 0.25) is 0 Å². The van der Waals surface area contributed by atoms with Crippen molar-refractivity contribution in [3.63, 3.8) is 0 Å². The second-order valence-corrected chi connectivity index (χ2v) is 5.20. The second-order valence-electron chi connectivity index (χ2n) is 4.20. The van der Waals surface area contributed by atoms with Crippen LogP contribution >= 0.6 is 11.3 Å². The third kappa shape index (κ3) is 3.85. The first kappa shape index (κ1) is 15.1. The molecule has 2 rings (SSSR count). The van der Waals surface area contributed by atoms with E-state index in [-0.39, 0.29) is 5.97 Å². The highest BCUT2D eigenvalue weighted by atomic mass is 32.1. The molecule has 0 aromatic carbocycles. The van der Waals surface area contributed by atoms with Crippen LogP contribution in [-0.4, -0.2) is 28.3 Å². The Morgan fingerprint density at radius 2 is 2.33 bits per heavy atom. The summed E-state index contributed by atoms with van der Waals surface area (Å²) in [5, 5.41) is 4.80. The molecule has 0 fully saturated rings. The molecule has 2 aromatic heterocycles. The van der Waals surface area contributed by atoms with E-state index in [9.17, 15) is 4.79 Å². The second kappa shape index (κ2) is 6.94. The molecule has 0 saturated heterocycles. The highest BCUT2D eigenvalue weighted by Gasteiger charge is 2.16. The lowest BCUT2D eigenvalue weighted by molar-refractivity contribution is 0.0531. The van der Waals surface area contributed by atoms with Crippen LogP contribution in [0, 0.1) is 6.92 Å². The highest BCUT2D eigenvalue weighted by Crippen LogP contribution is 2.23. The molecule has 0 aliphatic heterocycles. The van der Waals surface area contributed by atoms with Gasteiger partial charge in [0.25, 0.3) is 0 Å². The molecule has 1 N–H and O–H groups in total. The topological polar surface area (TPSA) is 76.5 Å². The summed E-state index contributed by atoms with van der Waals surface area (Å²) in [5.74, 6) is -0.353. The number of nitrogens with zero attached hydrogens (tertiary/aromatic N) is 3. The molecule has 0 bridgehead atoms. The summed E-state index contributed by atoms with van der Waals surface area (Å²) in [4.78, 5) is 20.5. The molecule has 0 amide bonds. The van der Waals surface area contributed by atoms with Gasteiger partial charge in [0.05, 0.1) is 18.0 Å². The third-order valence-electron chi connectivity index (χ3n) is 2.66. The third-order valence-corrected chi connectivity index (χ3v) is 3.70. The van der Waals surface area contributed by atoms with Gasteiger partial charge in [0, 0.05) is 18.0 Å². The maximum atomic E-state index is 11.7. The molecule has 0 atom stereocenters. The zero-order valence-corrected chi connectivity index (χ0v) is 12.9. The van der Waals surface area contributed by atoms with Gasteiger partial charge in [-0.15, -0.1) is 0 Å². The summed E-state index contributed by atoms with van der Waals surface area (Å²) in [6.45, 7) is 5.76. The van der Waals surface area contributed by atoms with E-state index >= 15 is 0 Å². The Bertz CT molecular complexity index is 652. The van der Waals surface area contributed by atoms with E-state index < -0.39 is 0 Å². The summed E-state index contributed by atoms with van der Waals surface area (Å²) < 4.78 is 4.98. The molecule has 0 unspecified atom stereocenters. The highest BCUT2D eigenvalue weighted by molar-refractivity contribution is 7.17. The summed E-state index contributed by atoms with van der Waals surface area (Å²) in [6.07, 6.45) is 3.44. The van der Waals surface area contributed by atoms with Crippen LogP contribution in [0.3, 0.4) is 0 Å². The van der Waals surface area contributed by atoms with Crippen molar-refractivity contribution in [1.82, 2.24) is 9.97 Å². The predicted octanol–water partition coefficient (Wildman–Crippen LogP) is 2.86. The Balaban J connectivity index is 2.10. The van der Waals surface area contributed by atoms with E-state index in [1.54, 1.807) is 26.2 Å². The first-order valence-electron chi connectivity index (χ1n) is 6.47. The Morgan fingerprint density at radius 3 is 3.00 bits per heavy atom. The van der Waals surface area contributed by atoms with Crippen molar-refractivity contribution >= 4 is 28.1 Å². The molecule has 7 heteroatoms. The minimum Gasteiger partial charge on any atom is -0.462 e. The number of hydrogen-bond donors (Lipinski definition) is 1. The lowest BCUT2D eigenvalue weighted by Crippen LogP contribution is -2.03. The fraction of sp³-hybridized carbons (Fsp3) is 0.286. The average Bonchev–Trinajstić information content (AvgIpc) is 2.87. The number of anilines is 1. The predicted molar refractivity (Wildman–Crippen MR) is 82.9 cm³/mol. The van der Waals surface area contributed by atoms with Gasteiger partial charge in [-0.25, -0.2) is 9.78 Å². The van der Waals surface area contributed by atoms with Gasteiger partial charge < -0.3 is 4.74 Å². The standard InChI is InChI=1S/C14H16N4O2S/c1-4-20-13(19)12-10(3)16-14(21-12)18-17-9(2)11-6-5-7-15-8-11/h5-8H,4H2,1-3H3,(H,16,18)/b17-9+. The van der Waals surface area contributed by atoms with Gasteiger partial charge in [-0.1, -0.05) is 17.4 Å². The van der Waals surface area contributed by atoms with Gasteiger partial charge in [0.15, 0.2) is 0 Å². The molecule has 110 valence electrons. The quantitative estimate of drug-likeness (QED) is 0.522. The summed E-state index contributed by atoms with van der Waals surface area (Å²) in [6, 6.07) is 3.77. The molecule has 6 nitrogen and oxygen atoms in total. The molecule has 0 aliphatic carbocycles. The van der Waals surface area contributed by atoms with Crippen LogP contribution in [0.5, 0.6) is 0 Å². The molecule has 0 aliphatic rings. The minimum atomic E-state index is -0.353. The van der Waals surface area contributed by atoms with Crippen molar-refractivity contribution in [3.8, 4) is 0 Å². The van der Waals surface area contributed by atoms with Gasteiger partial charge in [0.1, 0.15) is 4.88 Å². The summed E-state index contributed by atoms with van der Waals surface area (Å²) in [5.41, 5.74) is 5.20. The number of pyridine rings is 1. The molecule has 21 heavy (non-hydrogen) atoms. The fourth-order valence-electron chi connectivity index (χ4n) is 1.60. The number of carbonyl (C=O) groups excluding carboxylic acids is 1. The van der Waals surface area contributed by atoms with Gasteiger partial charge in [-0.3, -0.25) is 10.4 Å². The minimum absolute atomic E-state index is 0.344. The van der Waals surface area contributed by atoms with Gasteiger partial charge >= 0.3 is 5.97 Å². The SMILES string of the molecule is CCOC(=O)c1sc(N/N=C(\C)c2cccnc2)nc1C. The first-order valence-corrected chi connectivity index (χ1v) is 7.28. The first-order chi connectivity index (χ1) is 10.1. The smallest absolute Gasteiger partial charge is 0.350 e. The monoisotopic (exact) mass is 304 g/mol. The Hall–Kier alpha value is -2.28. The Kier molecular flexibility index (Phi) is 4.99. The van der Waals surface area contributed by atoms with Gasteiger partial charge in [0.2, 0.25) is 5.13 Å². The molecule has 2 aromatic rings. The number of ether oxygens (including phenoxy) is 1. The maximum Gasteiger partial charge on any atom is 0.350 e. The van der Waals surface area contributed by atoms with Crippen LogP contribution in [-0.2, 0) is 4.74 Å². The Labute approximate surface area is 126 Å². The van der Waals surface area contributed by atoms with Gasteiger partial charge in [-0.05, 0) is 26.8 Å².